The Morgan fingerprint density at radius 1 is 1.29 bits per heavy atom. The SMILES string of the molecule is CC(C)(C)OC(=O)NCCC=Cc1cc(O)ccc1OC(F)(F)F. The van der Waals surface area contributed by atoms with Gasteiger partial charge in [0, 0.05) is 12.1 Å². The second-order valence-corrected chi connectivity index (χ2v) is 5.89. The van der Waals surface area contributed by atoms with E-state index in [1.165, 1.54) is 6.08 Å². The summed E-state index contributed by atoms with van der Waals surface area (Å²) in [6.07, 6.45) is -2.11. The Kier molecular flexibility index (Phi) is 6.51. The van der Waals surface area contributed by atoms with Gasteiger partial charge in [-0.15, -0.1) is 13.2 Å². The maximum atomic E-state index is 12.3. The van der Waals surface area contributed by atoms with Crippen LogP contribution in [0.4, 0.5) is 18.0 Å². The maximum Gasteiger partial charge on any atom is 0.573 e. The molecule has 0 radical (unpaired) electrons. The van der Waals surface area contributed by atoms with Gasteiger partial charge in [0.15, 0.2) is 0 Å². The smallest absolute Gasteiger partial charge is 0.508 e. The van der Waals surface area contributed by atoms with Gasteiger partial charge in [-0.25, -0.2) is 4.79 Å². The van der Waals surface area contributed by atoms with Crippen molar-refractivity contribution in [2.45, 2.75) is 39.2 Å². The van der Waals surface area contributed by atoms with Crippen LogP contribution in [0.25, 0.3) is 6.08 Å². The molecule has 1 amide bonds. The van der Waals surface area contributed by atoms with E-state index in [4.69, 9.17) is 4.74 Å². The lowest BCUT2D eigenvalue weighted by molar-refractivity contribution is -0.274. The van der Waals surface area contributed by atoms with Gasteiger partial charge in [-0.3, -0.25) is 0 Å². The Morgan fingerprint density at radius 3 is 2.54 bits per heavy atom. The number of hydrogen-bond acceptors (Lipinski definition) is 4. The van der Waals surface area contributed by atoms with E-state index in [1.807, 2.05) is 0 Å². The molecule has 2 N–H and O–H groups in total. The molecule has 0 saturated heterocycles. The highest BCUT2D eigenvalue weighted by atomic mass is 19.4. The lowest BCUT2D eigenvalue weighted by Gasteiger charge is -2.19. The van der Waals surface area contributed by atoms with Crippen LogP contribution in [0.5, 0.6) is 11.5 Å². The molecule has 0 fully saturated rings. The van der Waals surface area contributed by atoms with E-state index in [0.29, 0.717) is 6.42 Å². The summed E-state index contributed by atoms with van der Waals surface area (Å²) in [4.78, 5) is 11.4. The van der Waals surface area contributed by atoms with Crippen LogP contribution in [0.3, 0.4) is 0 Å². The normalized spacial score (nSPS) is 12.2. The number of nitrogens with one attached hydrogen (secondary N) is 1. The molecule has 1 aromatic carbocycles. The molecule has 0 aromatic heterocycles. The molecule has 0 bridgehead atoms. The van der Waals surface area contributed by atoms with Crippen molar-refractivity contribution in [3.05, 3.63) is 29.8 Å². The summed E-state index contributed by atoms with van der Waals surface area (Å²) in [7, 11) is 0. The van der Waals surface area contributed by atoms with Crippen LogP contribution in [0, 0.1) is 0 Å². The lowest BCUT2D eigenvalue weighted by atomic mass is 10.1. The number of alkyl halides is 3. The maximum absolute atomic E-state index is 12.3. The lowest BCUT2D eigenvalue weighted by Crippen LogP contribution is -2.32. The third-order valence-electron chi connectivity index (χ3n) is 2.50. The number of carbonyl (C=O) groups excluding carboxylic acids is 1. The van der Waals surface area contributed by atoms with E-state index in [-0.39, 0.29) is 17.9 Å². The number of phenols is 1. The molecular formula is C16H20F3NO4. The zero-order valence-corrected chi connectivity index (χ0v) is 13.6. The Hall–Kier alpha value is -2.38. The summed E-state index contributed by atoms with van der Waals surface area (Å²) < 4.78 is 45.9. The summed E-state index contributed by atoms with van der Waals surface area (Å²) in [5.41, 5.74) is -0.532. The molecular weight excluding hydrogens is 327 g/mol. The molecule has 1 aromatic rings. The minimum absolute atomic E-state index is 0.0737. The van der Waals surface area contributed by atoms with E-state index in [0.717, 1.165) is 18.2 Å². The summed E-state index contributed by atoms with van der Waals surface area (Å²) in [6, 6.07) is 3.28. The molecule has 0 saturated carbocycles. The van der Waals surface area contributed by atoms with Crippen molar-refractivity contribution < 1.29 is 32.5 Å². The number of ether oxygens (including phenoxy) is 2. The fraction of sp³-hybridized carbons (Fsp3) is 0.438. The van der Waals surface area contributed by atoms with Gasteiger partial charge in [0.05, 0.1) is 0 Å². The highest BCUT2D eigenvalue weighted by Gasteiger charge is 2.31. The minimum Gasteiger partial charge on any atom is -0.508 e. The second kappa shape index (κ2) is 7.94. The predicted molar refractivity (Wildman–Crippen MR) is 82.7 cm³/mol. The van der Waals surface area contributed by atoms with Crippen LogP contribution in [0.1, 0.15) is 32.8 Å². The van der Waals surface area contributed by atoms with Crippen LogP contribution >= 0.6 is 0 Å². The molecule has 0 aliphatic carbocycles. The van der Waals surface area contributed by atoms with Gasteiger partial charge in [0.25, 0.3) is 0 Å². The van der Waals surface area contributed by atoms with Gasteiger partial charge < -0.3 is 19.9 Å². The number of carbonyl (C=O) groups is 1. The topological polar surface area (TPSA) is 67.8 Å². The Balaban J connectivity index is 2.58. The molecule has 0 aliphatic rings. The summed E-state index contributed by atoms with van der Waals surface area (Å²) >= 11 is 0. The first-order valence-electron chi connectivity index (χ1n) is 7.18. The first-order chi connectivity index (χ1) is 11.0. The number of phenolic OH excluding ortho intramolecular Hbond substituents is 1. The predicted octanol–water partition coefficient (Wildman–Crippen LogP) is 4.22. The minimum atomic E-state index is -4.82. The number of hydrogen-bond donors (Lipinski definition) is 2. The van der Waals surface area contributed by atoms with E-state index in [1.54, 1.807) is 26.8 Å². The average molecular weight is 347 g/mol. The van der Waals surface area contributed by atoms with Crippen LogP contribution in [-0.4, -0.2) is 29.7 Å². The van der Waals surface area contributed by atoms with Crippen LogP contribution in [0.2, 0.25) is 0 Å². The summed E-state index contributed by atoms with van der Waals surface area (Å²) in [5.74, 6) is -0.604. The fourth-order valence-electron chi connectivity index (χ4n) is 1.67. The highest BCUT2D eigenvalue weighted by Crippen LogP contribution is 2.30. The highest BCUT2D eigenvalue weighted by molar-refractivity contribution is 5.67. The number of amides is 1. The standard InChI is InChI=1S/C16H20F3NO4/c1-15(2,3)24-14(22)20-9-5-4-6-11-10-12(21)7-8-13(11)23-16(17,18)19/h4,6-8,10,21H,5,9H2,1-3H3,(H,20,22). The van der Waals surface area contributed by atoms with Crippen molar-refractivity contribution in [1.29, 1.82) is 0 Å². The van der Waals surface area contributed by atoms with E-state index in [9.17, 15) is 23.1 Å². The van der Waals surface area contributed by atoms with Crippen LogP contribution in [-0.2, 0) is 4.74 Å². The van der Waals surface area contributed by atoms with E-state index >= 15 is 0 Å². The van der Waals surface area contributed by atoms with Gasteiger partial charge >= 0.3 is 12.5 Å². The van der Waals surface area contributed by atoms with Crippen molar-refractivity contribution in [2.75, 3.05) is 6.54 Å². The molecule has 8 heteroatoms. The number of benzene rings is 1. The van der Waals surface area contributed by atoms with Crippen molar-refractivity contribution in [1.82, 2.24) is 5.32 Å². The largest absolute Gasteiger partial charge is 0.573 e. The van der Waals surface area contributed by atoms with Gasteiger partial charge in [0.2, 0.25) is 0 Å². The third-order valence-corrected chi connectivity index (χ3v) is 2.50. The van der Waals surface area contributed by atoms with Gasteiger partial charge in [0.1, 0.15) is 17.1 Å². The molecule has 1 rings (SSSR count). The van der Waals surface area contributed by atoms with Gasteiger partial charge in [-0.2, -0.15) is 0 Å². The van der Waals surface area contributed by atoms with Crippen molar-refractivity contribution in [2.24, 2.45) is 0 Å². The van der Waals surface area contributed by atoms with Crippen molar-refractivity contribution >= 4 is 12.2 Å². The van der Waals surface area contributed by atoms with E-state index < -0.39 is 23.8 Å². The Bertz CT molecular complexity index is 592. The van der Waals surface area contributed by atoms with Crippen LogP contribution in [0.15, 0.2) is 24.3 Å². The van der Waals surface area contributed by atoms with E-state index in [2.05, 4.69) is 10.1 Å². The number of rotatable bonds is 5. The summed E-state index contributed by atoms with van der Waals surface area (Å²) in [6.45, 7) is 5.45. The fourth-order valence-corrected chi connectivity index (χ4v) is 1.67. The average Bonchev–Trinajstić information content (AvgIpc) is 2.37. The zero-order valence-electron chi connectivity index (χ0n) is 13.6. The zero-order chi connectivity index (χ0) is 18.4. The molecule has 0 spiro atoms. The first-order valence-corrected chi connectivity index (χ1v) is 7.18. The molecule has 134 valence electrons. The Labute approximate surface area is 138 Å². The molecule has 0 atom stereocenters. The molecule has 5 nitrogen and oxygen atoms in total. The molecule has 24 heavy (non-hydrogen) atoms. The molecule has 0 heterocycles. The third kappa shape index (κ3) is 8.30. The van der Waals surface area contributed by atoms with Crippen LogP contribution < -0.4 is 10.1 Å². The molecule has 0 aliphatic heterocycles. The monoisotopic (exact) mass is 347 g/mol. The van der Waals surface area contributed by atoms with Gasteiger partial charge in [-0.1, -0.05) is 12.2 Å². The first kappa shape index (κ1) is 19.7. The van der Waals surface area contributed by atoms with Crippen molar-refractivity contribution in [3.63, 3.8) is 0 Å². The molecule has 0 unspecified atom stereocenters. The number of halogens is 3. The summed E-state index contributed by atoms with van der Waals surface area (Å²) in [5, 5.41) is 11.9. The number of alkyl carbamates (subject to hydrolysis) is 1. The Morgan fingerprint density at radius 2 is 1.96 bits per heavy atom. The quantitative estimate of drug-likeness (QED) is 0.783. The van der Waals surface area contributed by atoms with Gasteiger partial charge in [-0.05, 0) is 45.4 Å². The second-order valence-electron chi connectivity index (χ2n) is 5.89. The van der Waals surface area contributed by atoms with Crippen molar-refractivity contribution in [3.8, 4) is 11.5 Å². The number of aromatic hydroxyl groups is 1.